The van der Waals surface area contributed by atoms with E-state index in [1.807, 2.05) is 68.4 Å². The third kappa shape index (κ3) is 4.40. The van der Waals surface area contributed by atoms with Crippen LogP contribution in [-0.2, 0) is 14.8 Å². The molecule has 3 aromatic rings. The zero-order valence-corrected chi connectivity index (χ0v) is 18.5. The van der Waals surface area contributed by atoms with E-state index in [1.54, 1.807) is 23.1 Å². The summed E-state index contributed by atoms with van der Waals surface area (Å²) in [5.74, 6) is 0.0838. The molecule has 5 nitrogen and oxygen atoms in total. The van der Waals surface area contributed by atoms with Gasteiger partial charge in [-0.1, -0.05) is 54.6 Å². The molecule has 1 atom stereocenters. The van der Waals surface area contributed by atoms with E-state index in [4.69, 9.17) is 0 Å². The van der Waals surface area contributed by atoms with Gasteiger partial charge in [-0.05, 0) is 60.7 Å². The van der Waals surface area contributed by atoms with Crippen molar-refractivity contribution in [2.24, 2.45) is 0 Å². The number of sulfonamides is 1. The minimum Gasteiger partial charge on any atom is -0.312 e. The molecule has 4 rings (SSSR count). The Balaban J connectivity index is 1.69. The van der Waals surface area contributed by atoms with Crippen molar-refractivity contribution in [2.45, 2.75) is 37.6 Å². The minimum absolute atomic E-state index is 0.0838. The van der Waals surface area contributed by atoms with Crippen molar-refractivity contribution in [3.8, 4) is 0 Å². The van der Waals surface area contributed by atoms with Crippen LogP contribution in [0.3, 0.4) is 0 Å². The highest BCUT2D eigenvalue weighted by atomic mass is 32.2. The molecule has 1 amide bonds. The Kier molecular flexibility index (Phi) is 5.94. The van der Waals surface area contributed by atoms with Crippen LogP contribution < -0.4 is 9.62 Å². The van der Waals surface area contributed by atoms with Gasteiger partial charge in [0.2, 0.25) is 15.9 Å². The first-order chi connectivity index (χ1) is 14.9. The lowest BCUT2D eigenvalue weighted by Gasteiger charge is -2.23. The van der Waals surface area contributed by atoms with Crippen LogP contribution in [0.2, 0.25) is 0 Å². The largest absolute Gasteiger partial charge is 0.312 e. The number of benzene rings is 3. The highest BCUT2D eigenvalue weighted by molar-refractivity contribution is 7.89. The monoisotopic (exact) mass is 434 g/mol. The van der Waals surface area contributed by atoms with Crippen LogP contribution in [0.4, 0.5) is 5.69 Å². The summed E-state index contributed by atoms with van der Waals surface area (Å²) in [6.45, 7) is 4.49. The molecule has 1 N–H and O–H groups in total. The number of rotatable bonds is 6. The van der Waals surface area contributed by atoms with Crippen LogP contribution in [0.5, 0.6) is 0 Å². The summed E-state index contributed by atoms with van der Waals surface area (Å²) in [6.07, 6.45) is 1.37. The van der Waals surface area contributed by atoms with Gasteiger partial charge in [-0.3, -0.25) is 4.79 Å². The Labute approximate surface area is 183 Å². The molecule has 0 radical (unpaired) electrons. The average Bonchev–Trinajstić information content (AvgIpc) is 3.19. The van der Waals surface area contributed by atoms with Crippen molar-refractivity contribution in [2.75, 3.05) is 11.4 Å². The first-order valence-corrected chi connectivity index (χ1v) is 11.9. The van der Waals surface area contributed by atoms with Gasteiger partial charge in [-0.15, -0.1) is 0 Å². The average molecular weight is 435 g/mol. The molecule has 0 spiro atoms. The summed E-state index contributed by atoms with van der Waals surface area (Å²) in [4.78, 5) is 14.0. The predicted octanol–water partition coefficient (Wildman–Crippen LogP) is 4.50. The molecule has 0 unspecified atom stereocenters. The van der Waals surface area contributed by atoms with Crippen molar-refractivity contribution in [3.63, 3.8) is 0 Å². The fourth-order valence-electron chi connectivity index (χ4n) is 4.09. The van der Waals surface area contributed by atoms with Crippen LogP contribution >= 0.6 is 0 Å². The molecule has 1 saturated heterocycles. The summed E-state index contributed by atoms with van der Waals surface area (Å²) in [6, 6.07) is 21.8. The number of hydrogen-bond acceptors (Lipinski definition) is 3. The van der Waals surface area contributed by atoms with Crippen LogP contribution in [0, 0.1) is 13.8 Å². The molecule has 6 heteroatoms. The number of aryl methyl sites for hydroxylation is 2. The van der Waals surface area contributed by atoms with Crippen molar-refractivity contribution in [1.82, 2.24) is 4.72 Å². The van der Waals surface area contributed by atoms with Gasteiger partial charge in [0.05, 0.1) is 10.9 Å². The first kappa shape index (κ1) is 21.3. The maximum Gasteiger partial charge on any atom is 0.241 e. The van der Waals surface area contributed by atoms with E-state index < -0.39 is 16.1 Å². The Hall–Kier alpha value is -2.96. The van der Waals surface area contributed by atoms with Crippen molar-refractivity contribution in [1.29, 1.82) is 0 Å². The van der Waals surface area contributed by atoms with E-state index >= 15 is 0 Å². The van der Waals surface area contributed by atoms with Crippen molar-refractivity contribution >= 4 is 21.6 Å². The maximum absolute atomic E-state index is 13.4. The van der Waals surface area contributed by atoms with Crippen LogP contribution in [-0.4, -0.2) is 20.9 Å². The molecule has 0 aliphatic carbocycles. The van der Waals surface area contributed by atoms with Gasteiger partial charge >= 0.3 is 0 Å². The van der Waals surface area contributed by atoms with E-state index in [1.165, 1.54) is 0 Å². The van der Waals surface area contributed by atoms with Gasteiger partial charge < -0.3 is 4.90 Å². The van der Waals surface area contributed by atoms with Crippen LogP contribution in [0.1, 0.15) is 41.1 Å². The molecule has 0 saturated carbocycles. The van der Waals surface area contributed by atoms with Crippen molar-refractivity contribution in [3.05, 3.63) is 95.1 Å². The van der Waals surface area contributed by atoms with Gasteiger partial charge in [-0.2, -0.15) is 4.72 Å². The second kappa shape index (κ2) is 8.65. The molecule has 1 heterocycles. The van der Waals surface area contributed by atoms with E-state index in [-0.39, 0.29) is 10.8 Å². The molecule has 1 aliphatic rings. The predicted molar refractivity (Wildman–Crippen MR) is 123 cm³/mol. The molecule has 0 bridgehead atoms. The Morgan fingerprint density at radius 1 is 0.903 bits per heavy atom. The fraction of sp³-hybridized carbons (Fsp3) is 0.240. The highest BCUT2D eigenvalue weighted by Crippen LogP contribution is 2.30. The zero-order valence-electron chi connectivity index (χ0n) is 17.7. The Morgan fingerprint density at radius 2 is 1.61 bits per heavy atom. The summed E-state index contributed by atoms with van der Waals surface area (Å²) < 4.78 is 29.6. The second-order valence-corrected chi connectivity index (χ2v) is 9.63. The third-order valence-electron chi connectivity index (χ3n) is 5.75. The second-order valence-electron chi connectivity index (χ2n) is 7.92. The number of nitrogens with one attached hydrogen (secondary N) is 1. The number of nitrogens with zero attached hydrogens (tertiary/aromatic N) is 1. The maximum atomic E-state index is 13.4. The summed E-state index contributed by atoms with van der Waals surface area (Å²) >= 11 is 0. The molecule has 160 valence electrons. The number of anilines is 1. The quantitative estimate of drug-likeness (QED) is 0.621. The molecular weight excluding hydrogens is 408 g/mol. The summed E-state index contributed by atoms with van der Waals surface area (Å²) in [5.41, 5.74) is 4.34. The van der Waals surface area contributed by atoms with E-state index in [2.05, 4.69) is 4.72 Å². The lowest BCUT2D eigenvalue weighted by Crippen LogP contribution is -2.30. The lowest BCUT2D eigenvalue weighted by atomic mass is 9.96. The van der Waals surface area contributed by atoms with Crippen molar-refractivity contribution < 1.29 is 13.2 Å². The molecule has 1 aliphatic heterocycles. The normalized spacial score (nSPS) is 15.3. The number of carbonyl (C=O) groups excluding carboxylic acids is 1. The zero-order chi connectivity index (χ0) is 22.0. The van der Waals surface area contributed by atoms with E-state index in [0.717, 1.165) is 34.4 Å². The van der Waals surface area contributed by atoms with E-state index in [0.29, 0.717) is 13.0 Å². The van der Waals surface area contributed by atoms with E-state index in [9.17, 15) is 13.2 Å². The third-order valence-corrected chi connectivity index (χ3v) is 7.17. The standard InChI is InChI=1S/C25H26N2O3S/c1-18-9-6-7-12-22(18)25(20-10-4-3-5-11-20)26-31(29,30)21-14-15-23(19(2)17-21)27-16-8-13-24(27)28/h3-7,9-12,14-15,17,25-26H,8,13,16H2,1-2H3/t25-/m0/s1. The first-order valence-electron chi connectivity index (χ1n) is 10.4. The van der Waals surface area contributed by atoms with Crippen LogP contribution in [0.25, 0.3) is 0 Å². The Morgan fingerprint density at radius 3 is 2.26 bits per heavy atom. The SMILES string of the molecule is Cc1ccccc1[C@@H](NS(=O)(=O)c1ccc(N2CCCC2=O)c(C)c1)c1ccccc1. The molecule has 31 heavy (non-hydrogen) atoms. The highest BCUT2D eigenvalue weighted by Gasteiger charge is 2.27. The summed E-state index contributed by atoms with van der Waals surface area (Å²) in [5, 5.41) is 0. The lowest BCUT2D eigenvalue weighted by molar-refractivity contribution is -0.117. The Bertz CT molecular complexity index is 1210. The molecule has 3 aromatic carbocycles. The van der Waals surface area contributed by atoms with Crippen LogP contribution in [0.15, 0.2) is 77.7 Å². The van der Waals surface area contributed by atoms with Gasteiger partial charge in [0, 0.05) is 18.7 Å². The topological polar surface area (TPSA) is 66.5 Å². The smallest absolute Gasteiger partial charge is 0.241 e. The fourth-order valence-corrected chi connectivity index (χ4v) is 5.38. The molecular formula is C25H26N2O3S. The number of amides is 1. The van der Waals surface area contributed by atoms with Gasteiger partial charge in [-0.25, -0.2) is 8.42 Å². The number of hydrogen-bond donors (Lipinski definition) is 1. The number of carbonyl (C=O) groups is 1. The molecule has 0 aromatic heterocycles. The summed E-state index contributed by atoms with van der Waals surface area (Å²) in [7, 11) is -3.80. The van der Waals surface area contributed by atoms with Gasteiger partial charge in [0.1, 0.15) is 0 Å². The van der Waals surface area contributed by atoms with Gasteiger partial charge in [0.15, 0.2) is 0 Å². The molecule has 1 fully saturated rings. The minimum atomic E-state index is -3.80. The van der Waals surface area contributed by atoms with Gasteiger partial charge in [0.25, 0.3) is 0 Å².